The van der Waals surface area contributed by atoms with Crippen LogP contribution in [-0.4, -0.2) is 31.8 Å². The summed E-state index contributed by atoms with van der Waals surface area (Å²) in [5.74, 6) is -1.80. The Morgan fingerprint density at radius 3 is 2.70 bits per heavy atom. The quantitative estimate of drug-likeness (QED) is 0.361. The summed E-state index contributed by atoms with van der Waals surface area (Å²) in [5, 5.41) is 14.1. The molecule has 3 N–H and O–H groups in total. The fraction of sp³-hybridized carbons (Fsp3) is 0. The van der Waals surface area contributed by atoms with Gasteiger partial charge in [-0.1, -0.05) is 12.1 Å². The Morgan fingerprint density at radius 1 is 1.30 bits per heavy atom. The van der Waals surface area contributed by atoms with E-state index < -0.39 is 23.2 Å². The molecule has 0 fully saturated rings. The van der Waals surface area contributed by atoms with E-state index in [1.165, 1.54) is 42.7 Å². The highest BCUT2D eigenvalue weighted by atomic mass is 32.1. The summed E-state index contributed by atoms with van der Waals surface area (Å²) in [4.78, 5) is 30.1. The largest absolute Gasteiger partial charge is 0.494 e. The molecule has 8 nitrogen and oxygen atoms in total. The zero-order valence-corrected chi connectivity index (χ0v) is 14.4. The van der Waals surface area contributed by atoms with Gasteiger partial charge in [0.2, 0.25) is 5.88 Å². The van der Waals surface area contributed by atoms with Crippen LogP contribution in [0, 0.1) is 10.6 Å². The van der Waals surface area contributed by atoms with E-state index in [0.717, 1.165) is 10.8 Å². The first-order chi connectivity index (χ1) is 13.0. The van der Waals surface area contributed by atoms with Gasteiger partial charge in [-0.3, -0.25) is 24.1 Å². The van der Waals surface area contributed by atoms with Crippen molar-refractivity contribution in [3.63, 3.8) is 0 Å². The fourth-order valence-electron chi connectivity index (χ4n) is 2.23. The average molecular weight is 385 g/mol. The number of aromatic nitrogens is 3. The van der Waals surface area contributed by atoms with Crippen LogP contribution in [0.3, 0.4) is 0 Å². The molecule has 2 heterocycles. The lowest BCUT2D eigenvalue weighted by Gasteiger charge is -2.11. The number of carbonyl (C=O) groups is 1. The third kappa shape index (κ3) is 3.80. The first kappa shape index (κ1) is 18.1. The van der Waals surface area contributed by atoms with Crippen LogP contribution in [0.4, 0.5) is 4.39 Å². The summed E-state index contributed by atoms with van der Waals surface area (Å²) in [6.07, 6.45) is 3.82. The van der Waals surface area contributed by atoms with Crippen LogP contribution in [0.15, 0.2) is 58.7 Å². The maximum absolute atomic E-state index is 14.0. The van der Waals surface area contributed by atoms with Crippen molar-refractivity contribution in [2.24, 2.45) is 5.10 Å². The second-order valence-corrected chi connectivity index (χ2v) is 5.61. The number of carbonyl (C=O) groups excluding carboxylic acids is 1. The Bertz CT molecular complexity index is 1140. The van der Waals surface area contributed by atoms with E-state index in [1.54, 1.807) is 6.07 Å². The van der Waals surface area contributed by atoms with Crippen LogP contribution in [0.2, 0.25) is 0 Å². The van der Waals surface area contributed by atoms with Gasteiger partial charge in [-0.05, 0) is 36.5 Å². The van der Waals surface area contributed by atoms with Crippen LogP contribution in [0.1, 0.15) is 15.9 Å². The molecular weight excluding hydrogens is 373 g/mol. The lowest BCUT2D eigenvalue weighted by molar-refractivity contribution is 0.0955. The van der Waals surface area contributed by atoms with Gasteiger partial charge >= 0.3 is 0 Å². The molecule has 0 bridgehead atoms. The van der Waals surface area contributed by atoms with Crippen molar-refractivity contribution in [1.82, 2.24) is 20.0 Å². The second-order valence-electron chi connectivity index (χ2n) is 5.22. The average Bonchev–Trinajstić information content (AvgIpc) is 2.66. The lowest BCUT2D eigenvalue weighted by Crippen LogP contribution is -2.21. The molecule has 0 saturated heterocycles. The van der Waals surface area contributed by atoms with Crippen LogP contribution < -0.4 is 11.0 Å². The van der Waals surface area contributed by atoms with Gasteiger partial charge in [0.15, 0.2) is 4.77 Å². The van der Waals surface area contributed by atoms with Gasteiger partial charge < -0.3 is 5.11 Å². The van der Waals surface area contributed by atoms with E-state index >= 15 is 0 Å². The van der Waals surface area contributed by atoms with Gasteiger partial charge in [0.1, 0.15) is 11.4 Å². The molecular formula is C17H12FN5O3S. The number of amides is 1. The van der Waals surface area contributed by atoms with Gasteiger partial charge in [0, 0.05) is 18.0 Å². The van der Waals surface area contributed by atoms with Crippen LogP contribution in [0.25, 0.3) is 5.69 Å². The normalized spacial score (nSPS) is 10.9. The zero-order chi connectivity index (χ0) is 19.4. The Labute approximate surface area is 156 Å². The zero-order valence-electron chi connectivity index (χ0n) is 13.6. The number of rotatable bonds is 4. The van der Waals surface area contributed by atoms with E-state index in [-0.39, 0.29) is 16.0 Å². The minimum atomic E-state index is -0.744. The first-order valence-electron chi connectivity index (χ1n) is 7.55. The van der Waals surface area contributed by atoms with Crippen molar-refractivity contribution in [3.8, 4) is 11.6 Å². The molecule has 0 spiro atoms. The second kappa shape index (κ2) is 7.70. The van der Waals surface area contributed by atoms with Crippen molar-refractivity contribution in [2.75, 3.05) is 0 Å². The minimum Gasteiger partial charge on any atom is -0.494 e. The number of H-pyrrole nitrogens is 1. The SMILES string of the molecule is O=C(N/N=C/c1c(O)n(-c2ccccc2F)c(=S)[nH]c1=O)c1ccncc1. The van der Waals surface area contributed by atoms with Crippen molar-refractivity contribution < 1.29 is 14.3 Å². The smallest absolute Gasteiger partial charge is 0.271 e. The minimum absolute atomic E-state index is 0.0493. The van der Waals surface area contributed by atoms with Crippen molar-refractivity contribution >= 4 is 24.3 Å². The molecule has 0 aliphatic heterocycles. The van der Waals surface area contributed by atoms with E-state index in [1.807, 2.05) is 0 Å². The monoisotopic (exact) mass is 385 g/mol. The highest BCUT2D eigenvalue weighted by Gasteiger charge is 2.15. The van der Waals surface area contributed by atoms with Gasteiger partial charge in [-0.15, -0.1) is 0 Å². The maximum Gasteiger partial charge on any atom is 0.271 e. The third-order valence-electron chi connectivity index (χ3n) is 3.52. The van der Waals surface area contributed by atoms with E-state index in [0.29, 0.717) is 5.56 Å². The first-order valence-corrected chi connectivity index (χ1v) is 7.96. The molecule has 0 unspecified atom stereocenters. The molecule has 1 amide bonds. The number of nitrogens with zero attached hydrogens (tertiary/aromatic N) is 3. The molecule has 0 aliphatic rings. The summed E-state index contributed by atoms with van der Waals surface area (Å²) in [6, 6.07) is 8.55. The molecule has 3 rings (SSSR count). The van der Waals surface area contributed by atoms with E-state index in [2.05, 4.69) is 20.5 Å². The highest BCUT2D eigenvalue weighted by molar-refractivity contribution is 7.71. The molecule has 10 heteroatoms. The van der Waals surface area contributed by atoms with Gasteiger partial charge in [-0.25, -0.2) is 9.82 Å². The Kier molecular flexibility index (Phi) is 5.18. The maximum atomic E-state index is 14.0. The van der Waals surface area contributed by atoms with Crippen molar-refractivity contribution in [2.45, 2.75) is 0 Å². The van der Waals surface area contributed by atoms with Crippen LogP contribution in [-0.2, 0) is 0 Å². The van der Waals surface area contributed by atoms with Gasteiger partial charge in [0.05, 0.1) is 11.9 Å². The van der Waals surface area contributed by atoms with Crippen molar-refractivity contribution in [3.05, 3.63) is 80.9 Å². The standard InChI is InChI=1S/C17H12FN5O3S/c18-12-3-1-2-4-13(12)23-16(26)11(15(25)21-17(23)27)9-20-22-14(24)10-5-7-19-8-6-10/h1-9,26H,(H,22,24)(H,21,25,27)/b20-9+. The number of halogens is 1. The number of hydrogen-bond acceptors (Lipinski definition) is 6. The summed E-state index contributed by atoms with van der Waals surface area (Å²) in [7, 11) is 0. The number of aromatic amines is 1. The summed E-state index contributed by atoms with van der Waals surface area (Å²) >= 11 is 5.01. The predicted octanol–water partition coefficient (Wildman–Crippen LogP) is 1.90. The van der Waals surface area contributed by atoms with E-state index in [4.69, 9.17) is 12.2 Å². The van der Waals surface area contributed by atoms with Gasteiger partial charge in [-0.2, -0.15) is 5.10 Å². The molecule has 0 atom stereocenters. The fourth-order valence-corrected chi connectivity index (χ4v) is 2.51. The lowest BCUT2D eigenvalue weighted by atomic mass is 10.2. The third-order valence-corrected chi connectivity index (χ3v) is 3.80. The molecule has 0 saturated carbocycles. The molecule has 136 valence electrons. The van der Waals surface area contributed by atoms with Crippen LogP contribution in [0.5, 0.6) is 5.88 Å². The molecule has 1 aromatic carbocycles. The summed E-state index contributed by atoms with van der Waals surface area (Å²) in [5.41, 5.74) is 1.43. The van der Waals surface area contributed by atoms with E-state index in [9.17, 15) is 19.1 Å². The van der Waals surface area contributed by atoms with Crippen molar-refractivity contribution in [1.29, 1.82) is 0 Å². The summed E-state index contributed by atoms with van der Waals surface area (Å²) in [6.45, 7) is 0. The molecule has 2 aromatic heterocycles. The number of hydrazone groups is 1. The molecule has 0 radical (unpaired) electrons. The summed E-state index contributed by atoms with van der Waals surface area (Å²) < 4.78 is 14.8. The topological polar surface area (TPSA) is 112 Å². The Morgan fingerprint density at radius 2 is 2.00 bits per heavy atom. The number of benzene rings is 1. The highest BCUT2D eigenvalue weighted by Crippen LogP contribution is 2.20. The van der Waals surface area contributed by atoms with Crippen LogP contribution >= 0.6 is 12.2 Å². The number of para-hydroxylation sites is 1. The molecule has 27 heavy (non-hydrogen) atoms. The number of aromatic hydroxyl groups is 1. The van der Waals surface area contributed by atoms with Gasteiger partial charge in [0.25, 0.3) is 11.5 Å². The Hall–Kier alpha value is -3.66. The molecule has 3 aromatic rings. The number of nitrogens with one attached hydrogen (secondary N) is 2. The predicted molar refractivity (Wildman–Crippen MR) is 98.1 cm³/mol. The molecule has 0 aliphatic carbocycles. The number of hydrogen-bond donors (Lipinski definition) is 3. The Balaban J connectivity index is 1.96. The number of pyridine rings is 1.